The molecular weight excluding hydrogens is 368 g/mol. The van der Waals surface area contributed by atoms with Gasteiger partial charge < -0.3 is 4.74 Å². The lowest BCUT2D eigenvalue weighted by molar-refractivity contribution is -0.274. The SMILES string of the molecule is Cc1ccc(-c2ccccc2OC(F)(F)F)c(I)c1. The molecule has 0 aromatic heterocycles. The van der Waals surface area contributed by atoms with Crippen molar-refractivity contribution in [3.8, 4) is 16.9 Å². The molecule has 0 unspecified atom stereocenters. The Kier molecular flexibility index (Phi) is 4.03. The van der Waals surface area contributed by atoms with Gasteiger partial charge in [0.1, 0.15) is 5.75 Å². The van der Waals surface area contributed by atoms with E-state index in [1.807, 2.05) is 19.1 Å². The van der Waals surface area contributed by atoms with Crippen molar-refractivity contribution in [2.45, 2.75) is 13.3 Å². The molecule has 0 spiro atoms. The fourth-order valence-electron chi connectivity index (χ4n) is 1.74. The first-order valence-corrected chi connectivity index (χ1v) is 6.56. The third-order valence-corrected chi connectivity index (χ3v) is 3.42. The average Bonchev–Trinajstić information content (AvgIpc) is 2.28. The Balaban J connectivity index is 2.50. The van der Waals surface area contributed by atoms with Gasteiger partial charge in [-0.05, 0) is 47.2 Å². The number of hydrogen-bond acceptors (Lipinski definition) is 1. The molecule has 0 aliphatic carbocycles. The molecule has 2 rings (SSSR count). The predicted molar refractivity (Wildman–Crippen MR) is 76.0 cm³/mol. The molecule has 0 bridgehead atoms. The van der Waals surface area contributed by atoms with Crippen LogP contribution in [0.25, 0.3) is 11.1 Å². The molecule has 100 valence electrons. The molecule has 19 heavy (non-hydrogen) atoms. The number of hydrogen-bond donors (Lipinski definition) is 0. The van der Waals surface area contributed by atoms with Crippen molar-refractivity contribution in [3.05, 3.63) is 51.6 Å². The van der Waals surface area contributed by atoms with Crippen LogP contribution >= 0.6 is 22.6 Å². The number of aryl methyl sites for hydroxylation is 1. The summed E-state index contributed by atoms with van der Waals surface area (Å²) in [4.78, 5) is 0. The zero-order chi connectivity index (χ0) is 14.0. The van der Waals surface area contributed by atoms with Gasteiger partial charge in [0.25, 0.3) is 0 Å². The van der Waals surface area contributed by atoms with Crippen LogP contribution in [0.3, 0.4) is 0 Å². The van der Waals surface area contributed by atoms with Gasteiger partial charge in [-0.1, -0.05) is 35.9 Å². The van der Waals surface area contributed by atoms with Gasteiger partial charge in [0.05, 0.1) is 0 Å². The molecule has 0 heterocycles. The van der Waals surface area contributed by atoms with Gasteiger partial charge >= 0.3 is 6.36 Å². The van der Waals surface area contributed by atoms with E-state index in [0.29, 0.717) is 5.56 Å². The minimum atomic E-state index is -4.69. The molecule has 0 aliphatic heterocycles. The molecular formula is C14H10F3IO. The molecule has 2 aromatic rings. The van der Waals surface area contributed by atoms with E-state index in [1.165, 1.54) is 12.1 Å². The smallest absolute Gasteiger partial charge is 0.405 e. The van der Waals surface area contributed by atoms with Gasteiger partial charge in [-0.15, -0.1) is 13.2 Å². The number of ether oxygens (including phenoxy) is 1. The monoisotopic (exact) mass is 378 g/mol. The van der Waals surface area contributed by atoms with E-state index in [-0.39, 0.29) is 5.75 Å². The van der Waals surface area contributed by atoms with Gasteiger partial charge in [0.2, 0.25) is 0 Å². The fourth-order valence-corrected chi connectivity index (χ4v) is 2.70. The van der Waals surface area contributed by atoms with Crippen LogP contribution in [0.2, 0.25) is 0 Å². The van der Waals surface area contributed by atoms with Crippen LogP contribution < -0.4 is 4.74 Å². The van der Waals surface area contributed by atoms with Crippen LogP contribution in [0.1, 0.15) is 5.56 Å². The highest BCUT2D eigenvalue weighted by molar-refractivity contribution is 14.1. The highest BCUT2D eigenvalue weighted by Gasteiger charge is 2.32. The van der Waals surface area contributed by atoms with Gasteiger partial charge in [0.15, 0.2) is 0 Å². The van der Waals surface area contributed by atoms with Crippen LogP contribution in [0.15, 0.2) is 42.5 Å². The Labute approximate surface area is 122 Å². The van der Waals surface area contributed by atoms with Crippen molar-refractivity contribution in [2.75, 3.05) is 0 Å². The third-order valence-electron chi connectivity index (χ3n) is 2.53. The van der Waals surface area contributed by atoms with E-state index in [2.05, 4.69) is 27.3 Å². The zero-order valence-electron chi connectivity index (χ0n) is 9.96. The molecule has 0 saturated heterocycles. The minimum absolute atomic E-state index is 0.184. The van der Waals surface area contributed by atoms with Crippen LogP contribution in [-0.2, 0) is 0 Å². The highest BCUT2D eigenvalue weighted by atomic mass is 127. The summed E-state index contributed by atoms with van der Waals surface area (Å²) < 4.78 is 42.1. The van der Waals surface area contributed by atoms with E-state index >= 15 is 0 Å². The Morgan fingerprint density at radius 3 is 2.32 bits per heavy atom. The maximum absolute atomic E-state index is 12.4. The topological polar surface area (TPSA) is 9.23 Å². The zero-order valence-corrected chi connectivity index (χ0v) is 12.1. The van der Waals surface area contributed by atoms with Crippen molar-refractivity contribution in [1.82, 2.24) is 0 Å². The first kappa shape index (κ1) is 14.2. The molecule has 0 aliphatic rings. The molecule has 2 aromatic carbocycles. The largest absolute Gasteiger partial charge is 0.573 e. The minimum Gasteiger partial charge on any atom is -0.405 e. The second-order valence-electron chi connectivity index (χ2n) is 4.03. The van der Waals surface area contributed by atoms with Crippen molar-refractivity contribution >= 4 is 22.6 Å². The molecule has 0 N–H and O–H groups in total. The van der Waals surface area contributed by atoms with Crippen molar-refractivity contribution in [1.29, 1.82) is 0 Å². The number of halogens is 4. The molecule has 0 fully saturated rings. The summed E-state index contributed by atoms with van der Waals surface area (Å²) in [5.41, 5.74) is 2.22. The van der Waals surface area contributed by atoms with Crippen molar-refractivity contribution < 1.29 is 17.9 Å². The Hall–Kier alpha value is -1.24. The van der Waals surface area contributed by atoms with E-state index in [0.717, 1.165) is 14.7 Å². The second kappa shape index (κ2) is 5.40. The Morgan fingerprint density at radius 1 is 1.00 bits per heavy atom. The lowest BCUT2D eigenvalue weighted by Crippen LogP contribution is -2.17. The van der Waals surface area contributed by atoms with Crippen LogP contribution in [0.5, 0.6) is 5.75 Å². The van der Waals surface area contributed by atoms with Crippen molar-refractivity contribution in [3.63, 3.8) is 0 Å². The van der Waals surface area contributed by atoms with Gasteiger partial charge in [-0.2, -0.15) is 0 Å². The molecule has 0 radical (unpaired) electrons. The van der Waals surface area contributed by atoms with Gasteiger partial charge in [-0.25, -0.2) is 0 Å². The number of alkyl halides is 3. The third kappa shape index (κ3) is 3.62. The number of para-hydroxylation sites is 1. The Morgan fingerprint density at radius 2 is 1.68 bits per heavy atom. The normalized spacial score (nSPS) is 11.4. The number of rotatable bonds is 2. The van der Waals surface area contributed by atoms with Crippen LogP contribution in [-0.4, -0.2) is 6.36 Å². The van der Waals surface area contributed by atoms with Gasteiger partial charge in [0, 0.05) is 9.13 Å². The molecule has 0 atom stereocenters. The van der Waals surface area contributed by atoms with Gasteiger partial charge in [-0.3, -0.25) is 0 Å². The summed E-state index contributed by atoms with van der Waals surface area (Å²) >= 11 is 2.11. The average molecular weight is 378 g/mol. The molecule has 0 amide bonds. The highest BCUT2D eigenvalue weighted by Crippen LogP contribution is 2.36. The van der Waals surface area contributed by atoms with E-state index in [1.54, 1.807) is 18.2 Å². The summed E-state index contributed by atoms with van der Waals surface area (Å²) in [5, 5.41) is 0. The quantitative estimate of drug-likeness (QED) is 0.656. The fraction of sp³-hybridized carbons (Fsp3) is 0.143. The van der Waals surface area contributed by atoms with Crippen molar-refractivity contribution in [2.24, 2.45) is 0 Å². The second-order valence-corrected chi connectivity index (χ2v) is 5.19. The molecule has 1 nitrogen and oxygen atoms in total. The standard InChI is InChI=1S/C14H10F3IO/c1-9-6-7-10(12(18)8-9)11-4-2-3-5-13(11)19-14(15,16)17/h2-8H,1H3. The van der Waals surface area contributed by atoms with Crippen LogP contribution in [0, 0.1) is 10.5 Å². The maximum Gasteiger partial charge on any atom is 0.573 e. The summed E-state index contributed by atoms with van der Waals surface area (Å²) in [5.74, 6) is -0.184. The predicted octanol–water partition coefficient (Wildman–Crippen LogP) is 5.17. The van der Waals surface area contributed by atoms with E-state index < -0.39 is 6.36 Å². The molecule has 0 saturated carbocycles. The summed E-state index contributed by atoms with van der Waals surface area (Å²) in [6.45, 7) is 1.93. The van der Waals surface area contributed by atoms with Crippen LogP contribution in [0.4, 0.5) is 13.2 Å². The lowest BCUT2D eigenvalue weighted by Gasteiger charge is -2.14. The summed E-state index contributed by atoms with van der Waals surface area (Å²) in [6, 6.07) is 11.7. The van der Waals surface area contributed by atoms with E-state index in [9.17, 15) is 13.2 Å². The summed E-state index contributed by atoms with van der Waals surface area (Å²) in [6.07, 6.45) is -4.69. The Bertz CT molecular complexity index is 593. The maximum atomic E-state index is 12.4. The summed E-state index contributed by atoms with van der Waals surface area (Å²) in [7, 11) is 0. The lowest BCUT2D eigenvalue weighted by atomic mass is 10.0. The number of benzene rings is 2. The van der Waals surface area contributed by atoms with E-state index in [4.69, 9.17) is 0 Å². The first-order valence-electron chi connectivity index (χ1n) is 5.48. The first-order chi connectivity index (χ1) is 8.87. The molecule has 5 heteroatoms.